The molecule has 1 heterocycles. The first-order chi connectivity index (χ1) is 9.03. The highest BCUT2D eigenvalue weighted by Crippen LogP contribution is 2.34. The van der Waals surface area contributed by atoms with Gasteiger partial charge in [0.15, 0.2) is 0 Å². The maximum atomic E-state index is 11.6. The third-order valence-electron chi connectivity index (χ3n) is 3.69. The van der Waals surface area contributed by atoms with Crippen molar-refractivity contribution in [3.8, 4) is 0 Å². The quantitative estimate of drug-likeness (QED) is 0.875. The van der Waals surface area contributed by atoms with Crippen LogP contribution in [0.2, 0.25) is 0 Å². The number of carbonyl (C=O) groups is 2. The van der Waals surface area contributed by atoms with Crippen LogP contribution in [0.25, 0.3) is 0 Å². The molecule has 0 unspecified atom stereocenters. The molecule has 1 fully saturated rings. The second kappa shape index (κ2) is 5.30. The van der Waals surface area contributed by atoms with Crippen molar-refractivity contribution in [1.82, 2.24) is 4.90 Å². The summed E-state index contributed by atoms with van der Waals surface area (Å²) < 4.78 is 0. The van der Waals surface area contributed by atoms with Crippen LogP contribution < -0.4 is 0 Å². The number of benzene rings is 1. The van der Waals surface area contributed by atoms with Crippen molar-refractivity contribution in [2.45, 2.75) is 19.3 Å². The molecule has 102 valence electrons. The van der Waals surface area contributed by atoms with Crippen molar-refractivity contribution >= 4 is 12.1 Å². The molecule has 0 bridgehead atoms. The van der Waals surface area contributed by atoms with Crippen LogP contribution >= 0.6 is 0 Å². The van der Waals surface area contributed by atoms with Crippen LogP contribution in [-0.2, 0) is 11.2 Å². The van der Waals surface area contributed by atoms with E-state index in [2.05, 4.69) is 0 Å². The Morgan fingerprint density at radius 2 is 1.89 bits per heavy atom. The molecule has 2 N–H and O–H groups in total. The van der Waals surface area contributed by atoms with Crippen molar-refractivity contribution in [2.75, 3.05) is 13.1 Å². The zero-order valence-corrected chi connectivity index (χ0v) is 10.6. The lowest BCUT2D eigenvalue weighted by Gasteiger charge is -2.38. The summed E-state index contributed by atoms with van der Waals surface area (Å²) >= 11 is 0. The molecular weight excluding hydrogens is 246 g/mol. The lowest BCUT2D eigenvalue weighted by Crippen LogP contribution is -2.50. The first-order valence-corrected chi connectivity index (χ1v) is 6.29. The van der Waals surface area contributed by atoms with Gasteiger partial charge in [-0.15, -0.1) is 0 Å². The predicted molar refractivity (Wildman–Crippen MR) is 69.0 cm³/mol. The Bertz CT molecular complexity index is 474. The average molecular weight is 263 g/mol. The van der Waals surface area contributed by atoms with Gasteiger partial charge in [0.25, 0.3) is 0 Å². The number of hydrogen-bond acceptors (Lipinski definition) is 2. The van der Waals surface area contributed by atoms with E-state index in [-0.39, 0.29) is 6.54 Å². The van der Waals surface area contributed by atoms with Crippen molar-refractivity contribution < 1.29 is 19.8 Å². The van der Waals surface area contributed by atoms with Crippen molar-refractivity contribution in [1.29, 1.82) is 0 Å². The molecule has 0 saturated carbocycles. The third kappa shape index (κ3) is 2.86. The van der Waals surface area contributed by atoms with Gasteiger partial charge in [-0.3, -0.25) is 4.79 Å². The summed E-state index contributed by atoms with van der Waals surface area (Å²) in [5, 5.41) is 18.6. The van der Waals surface area contributed by atoms with E-state index in [4.69, 9.17) is 5.11 Å². The molecule has 1 aliphatic rings. The molecule has 0 radical (unpaired) electrons. The van der Waals surface area contributed by atoms with Gasteiger partial charge >= 0.3 is 12.1 Å². The Morgan fingerprint density at radius 3 is 2.47 bits per heavy atom. The van der Waals surface area contributed by atoms with Gasteiger partial charge < -0.3 is 15.1 Å². The molecule has 5 heteroatoms. The van der Waals surface area contributed by atoms with E-state index < -0.39 is 17.5 Å². The fraction of sp³-hybridized carbons (Fsp3) is 0.429. The largest absolute Gasteiger partial charge is 0.481 e. The first kappa shape index (κ1) is 13.4. The second-order valence-corrected chi connectivity index (χ2v) is 5.06. The number of carboxylic acid groups (broad SMARTS) is 2. The number of hydrogen-bond donors (Lipinski definition) is 2. The van der Waals surface area contributed by atoms with E-state index >= 15 is 0 Å². The molecule has 19 heavy (non-hydrogen) atoms. The number of likely N-dealkylation sites (tertiary alicyclic amines) is 1. The van der Waals surface area contributed by atoms with Gasteiger partial charge in [0, 0.05) is 13.1 Å². The monoisotopic (exact) mass is 263 g/mol. The van der Waals surface area contributed by atoms with Gasteiger partial charge in [-0.25, -0.2) is 4.79 Å². The number of piperidine rings is 1. The average Bonchev–Trinajstić information content (AvgIpc) is 2.40. The molecule has 1 amide bonds. The van der Waals surface area contributed by atoms with Crippen molar-refractivity contribution in [2.24, 2.45) is 5.41 Å². The summed E-state index contributed by atoms with van der Waals surface area (Å²) in [4.78, 5) is 23.9. The highest BCUT2D eigenvalue weighted by molar-refractivity contribution is 5.77. The van der Waals surface area contributed by atoms with Gasteiger partial charge in [0.1, 0.15) is 0 Å². The summed E-state index contributed by atoms with van der Waals surface area (Å²) in [5.41, 5.74) is -0.0741. The van der Waals surface area contributed by atoms with Crippen LogP contribution in [0.15, 0.2) is 30.3 Å². The molecule has 5 nitrogen and oxygen atoms in total. The second-order valence-electron chi connectivity index (χ2n) is 5.06. The maximum absolute atomic E-state index is 11.6. The molecule has 1 aromatic carbocycles. The third-order valence-corrected chi connectivity index (χ3v) is 3.69. The fourth-order valence-corrected chi connectivity index (χ4v) is 2.68. The lowest BCUT2D eigenvalue weighted by atomic mass is 9.75. The summed E-state index contributed by atoms with van der Waals surface area (Å²) in [6.07, 6.45) is 0.428. The standard InChI is InChI=1S/C14H17NO4/c16-12(17)14(9-11-5-2-1-3-6-11)7-4-8-15(10-14)13(18)19/h1-3,5-6H,4,7-10H2,(H,16,17)(H,18,19)/t14-/m1/s1. The molecule has 0 aliphatic carbocycles. The minimum absolute atomic E-state index is 0.0621. The number of rotatable bonds is 3. The smallest absolute Gasteiger partial charge is 0.407 e. The van der Waals surface area contributed by atoms with E-state index in [1.807, 2.05) is 30.3 Å². The van der Waals surface area contributed by atoms with Crippen LogP contribution in [0.1, 0.15) is 18.4 Å². The molecule has 1 aliphatic heterocycles. The van der Waals surface area contributed by atoms with E-state index in [1.54, 1.807) is 0 Å². The molecule has 1 aromatic rings. The van der Waals surface area contributed by atoms with Crippen molar-refractivity contribution in [3.05, 3.63) is 35.9 Å². The number of amides is 1. The minimum Gasteiger partial charge on any atom is -0.481 e. The van der Waals surface area contributed by atoms with Gasteiger partial charge in [0.05, 0.1) is 5.41 Å². The summed E-state index contributed by atoms with van der Waals surface area (Å²) in [6, 6.07) is 9.36. The molecule has 0 spiro atoms. The van der Waals surface area contributed by atoms with Gasteiger partial charge in [-0.1, -0.05) is 30.3 Å². The van der Waals surface area contributed by atoms with Crippen LogP contribution in [0.5, 0.6) is 0 Å². The Balaban J connectivity index is 2.23. The first-order valence-electron chi connectivity index (χ1n) is 6.29. The number of nitrogens with zero attached hydrogens (tertiary/aromatic N) is 1. The van der Waals surface area contributed by atoms with E-state index in [9.17, 15) is 14.7 Å². The summed E-state index contributed by atoms with van der Waals surface area (Å²) in [6.45, 7) is 0.478. The van der Waals surface area contributed by atoms with E-state index in [0.717, 1.165) is 5.56 Å². The molecule has 2 rings (SSSR count). The lowest BCUT2D eigenvalue weighted by molar-refractivity contribution is -0.151. The van der Waals surface area contributed by atoms with Crippen LogP contribution in [0.3, 0.4) is 0 Å². The van der Waals surface area contributed by atoms with E-state index in [0.29, 0.717) is 25.8 Å². The van der Waals surface area contributed by atoms with E-state index in [1.165, 1.54) is 4.90 Å². The zero-order chi connectivity index (χ0) is 13.9. The predicted octanol–water partition coefficient (Wildman–Crippen LogP) is 2.07. The molecular formula is C14H17NO4. The normalized spacial score (nSPS) is 23.1. The number of carboxylic acids is 1. The van der Waals surface area contributed by atoms with Crippen LogP contribution in [0, 0.1) is 5.41 Å². The highest BCUT2D eigenvalue weighted by atomic mass is 16.4. The molecule has 1 atom stereocenters. The highest BCUT2D eigenvalue weighted by Gasteiger charge is 2.43. The number of aliphatic carboxylic acids is 1. The van der Waals surface area contributed by atoms with Crippen LogP contribution in [0.4, 0.5) is 4.79 Å². The van der Waals surface area contributed by atoms with Gasteiger partial charge in [-0.05, 0) is 24.8 Å². The summed E-state index contributed by atoms with van der Waals surface area (Å²) in [5.74, 6) is -0.915. The van der Waals surface area contributed by atoms with Crippen molar-refractivity contribution in [3.63, 3.8) is 0 Å². The SMILES string of the molecule is O=C(O)N1CCC[C@](Cc2ccccc2)(C(=O)O)C1. The Kier molecular flexibility index (Phi) is 3.74. The molecule has 0 aromatic heterocycles. The zero-order valence-electron chi connectivity index (χ0n) is 10.6. The van der Waals surface area contributed by atoms with Gasteiger partial charge in [0.2, 0.25) is 0 Å². The minimum atomic E-state index is -1.04. The summed E-state index contributed by atoms with van der Waals surface area (Å²) in [7, 11) is 0. The maximum Gasteiger partial charge on any atom is 0.407 e. The van der Waals surface area contributed by atoms with Crippen LogP contribution in [-0.4, -0.2) is 40.3 Å². The Labute approximate surface area is 111 Å². The molecule has 1 saturated heterocycles. The van der Waals surface area contributed by atoms with Gasteiger partial charge in [-0.2, -0.15) is 0 Å². The fourth-order valence-electron chi connectivity index (χ4n) is 2.68. The Morgan fingerprint density at radius 1 is 1.21 bits per heavy atom. The topological polar surface area (TPSA) is 77.8 Å². The Hall–Kier alpha value is -2.04.